The van der Waals surface area contributed by atoms with Crippen LogP contribution in [0.5, 0.6) is 0 Å². The molecule has 0 amide bonds. The van der Waals surface area contributed by atoms with E-state index in [4.69, 9.17) is 0 Å². The Kier molecular flexibility index (Phi) is 9.50. The SMILES string of the molecule is CC1(C)c2ccccc2-c2ccc(N(c3ccc(-c4ccccc4)cc3)c3ccc4c(c3)C(c3ccccc3)(c3ccccc3)c3cccc(-c5ccc(-n6c7ccccc7c7ccccc76)cc5)c3-4)cc21. The molecule has 0 saturated carbocycles. The number of aromatic nitrogens is 1. The van der Waals surface area contributed by atoms with Crippen LogP contribution in [-0.4, -0.2) is 4.57 Å². The molecule has 0 spiro atoms. The zero-order chi connectivity index (χ0) is 48.0. The van der Waals surface area contributed by atoms with Crippen LogP contribution in [0.2, 0.25) is 0 Å². The Bertz CT molecular complexity index is 3940. The third kappa shape index (κ3) is 6.22. The van der Waals surface area contributed by atoms with E-state index < -0.39 is 5.41 Å². The zero-order valence-corrected chi connectivity index (χ0v) is 40.3. The van der Waals surface area contributed by atoms with Gasteiger partial charge in [-0.1, -0.05) is 220 Å². The average Bonchev–Trinajstić information content (AvgIpc) is 4.03. The summed E-state index contributed by atoms with van der Waals surface area (Å²) in [6.07, 6.45) is 0. The first-order valence-electron chi connectivity index (χ1n) is 25.2. The minimum Gasteiger partial charge on any atom is -0.310 e. The maximum atomic E-state index is 2.50. The number of hydrogen-bond donors (Lipinski definition) is 0. The molecule has 1 aromatic heterocycles. The fourth-order valence-electron chi connectivity index (χ4n) is 12.6. The van der Waals surface area contributed by atoms with Gasteiger partial charge in [0.1, 0.15) is 0 Å². The van der Waals surface area contributed by atoms with E-state index in [1.165, 1.54) is 99.7 Å². The maximum Gasteiger partial charge on any atom is 0.0714 e. The van der Waals surface area contributed by atoms with Gasteiger partial charge in [0.2, 0.25) is 0 Å². The quantitative estimate of drug-likeness (QED) is 0.147. The molecule has 0 unspecified atom stereocenters. The summed E-state index contributed by atoms with van der Waals surface area (Å²) in [4.78, 5) is 2.48. The topological polar surface area (TPSA) is 8.17 Å². The van der Waals surface area contributed by atoms with Crippen molar-refractivity contribution < 1.29 is 0 Å². The number of fused-ring (bicyclic) bond motifs is 9. The molecule has 2 heteroatoms. The van der Waals surface area contributed by atoms with Gasteiger partial charge >= 0.3 is 0 Å². The van der Waals surface area contributed by atoms with E-state index in [9.17, 15) is 0 Å². The molecule has 2 aliphatic rings. The van der Waals surface area contributed by atoms with Gasteiger partial charge < -0.3 is 9.47 Å². The number of para-hydroxylation sites is 2. The molecule has 0 bridgehead atoms. The third-order valence-electron chi connectivity index (χ3n) is 15.9. The number of anilines is 3. The molecule has 14 rings (SSSR count). The van der Waals surface area contributed by atoms with Crippen molar-refractivity contribution in [2.24, 2.45) is 0 Å². The van der Waals surface area contributed by atoms with Crippen LogP contribution in [0.1, 0.15) is 47.2 Å². The molecule has 0 radical (unpaired) electrons. The van der Waals surface area contributed by atoms with E-state index in [-0.39, 0.29) is 5.41 Å². The molecule has 0 N–H and O–H groups in total. The van der Waals surface area contributed by atoms with Crippen molar-refractivity contribution in [3.63, 3.8) is 0 Å². The molecule has 0 saturated heterocycles. The van der Waals surface area contributed by atoms with Crippen LogP contribution in [0.15, 0.2) is 267 Å². The lowest BCUT2D eigenvalue weighted by atomic mass is 9.67. The molecule has 2 aliphatic carbocycles. The van der Waals surface area contributed by atoms with Crippen molar-refractivity contribution in [3.8, 4) is 50.2 Å². The predicted octanol–water partition coefficient (Wildman–Crippen LogP) is 18.3. The van der Waals surface area contributed by atoms with E-state index in [0.717, 1.165) is 22.7 Å². The van der Waals surface area contributed by atoms with Crippen LogP contribution in [0, 0.1) is 0 Å². The largest absolute Gasteiger partial charge is 0.310 e. The van der Waals surface area contributed by atoms with Gasteiger partial charge in [0, 0.05) is 38.9 Å². The van der Waals surface area contributed by atoms with Crippen molar-refractivity contribution in [3.05, 3.63) is 300 Å². The summed E-state index contributed by atoms with van der Waals surface area (Å²) < 4.78 is 2.40. The monoisotopic (exact) mass is 918 g/mol. The molecule has 1 heterocycles. The van der Waals surface area contributed by atoms with Crippen LogP contribution >= 0.6 is 0 Å². The highest BCUT2D eigenvalue weighted by molar-refractivity contribution is 6.09. The van der Waals surface area contributed by atoms with Crippen LogP contribution in [0.25, 0.3) is 72.0 Å². The highest BCUT2D eigenvalue weighted by Gasteiger charge is 2.47. The normalized spacial score (nSPS) is 13.6. The van der Waals surface area contributed by atoms with Gasteiger partial charge in [-0.05, 0) is 139 Å². The fraction of sp³-hybridized carbons (Fsp3) is 0.0571. The summed E-state index contributed by atoms with van der Waals surface area (Å²) in [5.74, 6) is 0. The Hall–Kier alpha value is -8.98. The molecule has 0 aliphatic heterocycles. The second kappa shape index (κ2) is 16.3. The minimum absolute atomic E-state index is 0.155. The molecule has 72 heavy (non-hydrogen) atoms. The van der Waals surface area contributed by atoms with Crippen LogP contribution in [-0.2, 0) is 10.8 Å². The number of benzene rings is 11. The Morgan fingerprint density at radius 2 is 0.792 bits per heavy atom. The number of hydrogen-bond acceptors (Lipinski definition) is 1. The lowest BCUT2D eigenvalue weighted by Crippen LogP contribution is -2.28. The van der Waals surface area contributed by atoms with Crippen molar-refractivity contribution in [2.75, 3.05) is 4.90 Å². The molecule has 2 nitrogen and oxygen atoms in total. The second-order valence-corrected chi connectivity index (χ2v) is 20.0. The van der Waals surface area contributed by atoms with E-state index >= 15 is 0 Å². The van der Waals surface area contributed by atoms with E-state index in [0.29, 0.717) is 0 Å². The fourth-order valence-corrected chi connectivity index (χ4v) is 12.6. The number of rotatable bonds is 8. The minimum atomic E-state index is -0.619. The Labute approximate surface area is 421 Å². The van der Waals surface area contributed by atoms with Gasteiger partial charge in [0.25, 0.3) is 0 Å². The van der Waals surface area contributed by atoms with Gasteiger partial charge in [0.05, 0.1) is 16.4 Å². The van der Waals surface area contributed by atoms with Gasteiger partial charge in [-0.15, -0.1) is 0 Å². The second-order valence-electron chi connectivity index (χ2n) is 20.0. The summed E-state index contributed by atoms with van der Waals surface area (Å²) in [5.41, 5.74) is 23.8. The summed E-state index contributed by atoms with van der Waals surface area (Å²) in [6, 6.07) is 99.2. The van der Waals surface area contributed by atoms with E-state index in [1.807, 2.05) is 0 Å². The maximum absolute atomic E-state index is 2.50. The lowest BCUT2D eigenvalue weighted by Gasteiger charge is -2.35. The molecule has 340 valence electrons. The van der Waals surface area contributed by atoms with Crippen LogP contribution in [0.4, 0.5) is 17.1 Å². The van der Waals surface area contributed by atoms with Crippen molar-refractivity contribution in [2.45, 2.75) is 24.7 Å². The molecular weight excluding hydrogens is 869 g/mol. The van der Waals surface area contributed by atoms with Crippen molar-refractivity contribution >= 4 is 38.9 Å². The Balaban J connectivity index is 0.983. The molecule has 12 aromatic rings. The summed E-state index contributed by atoms with van der Waals surface area (Å²) in [5, 5.41) is 2.53. The smallest absolute Gasteiger partial charge is 0.0714 e. The van der Waals surface area contributed by atoms with Crippen molar-refractivity contribution in [1.82, 2.24) is 4.57 Å². The third-order valence-corrected chi connectivity index (χ3v) is 15.9. The number of nitrogens with zero attached hydrogens (tertiary/aromatic N) is 2. The Morgan fingerprint density at radius 3 is 1.44 bits per heavy atom. The first-order chi connectivity index (χ1) is 35.5. The van der Waals surface area contributed by atoms with Crippen molar-refractivity contribution in [1.29, 1.82) is 0 Å². The van der Waals surface area contributed by atoms with Gasteiger partial charge in [-0.3, -0.25) is 0 Å². The van der Waals surface area contributed by atoms with Gasteiger partial charge in [0.15, 0.2) is 0 Å². The molecule has 11 aromatic carbocycles. The summed E-state index contributed by atoms with van der Waals surface area (Å²) in [6.45, 7) is 4.74. The van der Waals surface area contributed by atoms with E-state index in [2.05, 4.69) is 290 Å². The van der Waals surface area contributed by atoms with Gasteiger partial charge in [-0.2, -0.15) is 0 Å². The van der Waals surface area contributed by atoms with Gasteiger partial charge in [-0.25, -0.2) is 0 Å². The Morgan fingerprint density at radius 1 is 0.319 bits per heavy atom. The standard InChI is InChI=1S/C70H50N2/c1-69(2)62-29-15-12-25-57(62)58-43-41-54(45-64(58)69)71(52-37-33-48(34-38-52)47-19-6-3-7-20-47)55-42-44-61-65(46-55)70(50-21-8-4-9-22-50,51-23-10-5-11-24-51)63-30-18-28-56(68(61)63)49-35-39-53(40-36-49)72-66-31-16-13-26-59(66)60-27-14-17-32-67(60)72/h3-46H,1-2H3. The lowest BCUT2D eigenvalue weighted by molar-refractivity contribution is 0.660. The average molecular weight is 919 g/mol. The molecule has 0 fully saturated rings. The zero-order valence-electron chi connectivity index (χ0n) is 40.3. The first-order valence-corrected chi connectivity index (χ1v) is 25.2. The van der Waals surface area contributed by atoms with Crippen LogP contribution < -0.4 is 4.90 Å². The molecule has 0 atom stereocenters. The highest BCUT2D eigenvalue weighted by atomic mass is 15.1. The summed E-state index contributed by atoms with van der Waals surface area (Å²) in [7, 11) is 0. The highest BCUT2D eigenvalue weighted by Crippen LogP contribution is 2.60. The molecular formula is C70H50N2. The van der Waals surface area contributed by atoms with E-state index in [1.54, 1.807) is 0 Å². The first kappa shape index (κ1) is 41.9. The summed E-state index contributed by atoms with van der Waals surface area (Å²) >= 11 is 0. The predicted molar refractivity (Wildman–Crippen MR) is 301 cm³/mol. The van der Waals surface area contributed by atoms with Crippen LogP contribution in [0.3, 0.4) is 0 Å².